The van der Waals surface area contributed by atoms with Gasteiger partial charge in [-0.05, 0) is 35.1 Å². The molecule has 1 fully saturated rings. The van der Waals surface area contributed by atoms with E-state index in [2.05, 4.69) is 15.9 Å². The molecule has 1 aromatic rings. The maximum atomic E-state index is 11.8. The number of carbonyl (C=O) groups is 3. The second-order valence-corrected chi connectivity index (χ2v) is 5.58. The number of hydrogen-bond acceptors (Lipinski definition) is 7. The maximum Gasteiger partial charge on any atom is 0.640 e. The van der Waals surface area contributed by atoms with E-state index in [0.29, 0.717) is 22.1 Å². The van der Waals surface area contributed by atoms with Crippen molar-refractivity contribution in [2.75, 3.05) is 27.2 Å². The molecule has 0 unspecified atom stereocenters. The molecule has 1 aliphatic heterocycles. The molecule has 9 heteroatoms. The molecule has 116 valence electrons. The zero-order valence-corrected chi connectivity index (χ0v) is 13.6. The number of halogens is 1. The van der Waals surface area contributed by atoms with Gasteiger partial charge >= 0.3 is 19.1 Å². The molecule has 1 saturated heterocycles. The Morgan fingerprint density at radius 2 is 1.86 bits per heavy atom. The summed E-state index contributed by atoms with van der Waals surface area (Å²) in [6.45, 7) is -0.0785. The van der Waals surface area contributed by atoms with Gasteiger partial charge in [-0.3, -0.25) is 19.3 Å². The van der Waals surface area contributed by atoms with Gasteiger partial charge in [0.2, 0.25) is 0 Å². The molecule has 0 N–H and O–H groups in total. The summed E-state index contributed by atoms with van der Waals surface area (Å²) >= 11 is 3.27. The number of ether oxygens (including phenoxy) is 1. The van der Waals surface area contributed by atoms with Crippen LogP contribution in [0, 0.1) is 0 Å². The Bertz CT molecular complexity index is 603. The van der Waals surface area contributed by atoms with Crippen LogP contribution in [0.3, 0.4) is 0 Å². The Kier molecular flexibility index (Phi) is 5.20. The highest BCUT2D eigenvalue weighted by Gasteiger charge is 2.37. The average molecular weight is 370 g/mol. The smallest absolute Gasteiger partial charge is 0.496 e. The Morgan fingerprint density at radius 1 is 1.27 bits per heavy atom. The maximum absolute atomic E-state index is 11.8. The van der Waals surface area contributed by atoms with Gasteiger partial charge in [-0.1, -0.05) is 0 Å². The fourth-order valence-corrected chi connectivity index (χ4v) is 2.71. The van der Waals surface area contributed by atoms with Crippen LogP contribution in [-0.4, -0.2) is 57.5 Å². The lowest BCUT2D eigenvalue weighted by atomic mass is 9.77. The van der Waals surface area contributed by atoms with Crippen LogP contribution in [0.4, 0.5) is 0 Å². The Hall–Kier alpha value is -1.87. The second kappa shape index (κ2) is 6.93. The fraction of sp³-hybridized carbons (Fsp3) is 0.308. The van der Waals surface area contributed by atoms with Crippen molar-refractivity contribution in [2.24, 2.45) is 0 Å². The van der Waals surface area contributed by atoms with Crippen LogP contribution in [-0.2, 0) is 18.9 Å². The quantitative estimate of drug-likeness (QED) is 0.547. The van der Waals surface area contributed by atoms with E-state index in [4.69, 9.17) is 14.0 Å². The SMILES string of the molecule is COc1c(Br)cc(C=O)cc1B1OC(=O)CN(C)CC(=O)O1. The summed E-state index contributed by atoms with van der Waals surface area (Å²) in [5, 5.41) is 0. The van der Waals surface area contributed by atoms with Crippen molar-refractivity contribution < 1.29 is 28.4 Å². The minimum atomic E-state index is -1.26. The van der Waals surface area contributed by atoms with Gasteiger partial charge in [0.15, 0.2) is 0 Å². The van der Waals surface area contributed by atoms with E-state index in [-0.39, 0.29) is 18.6 Å². The number of rotatable bonds is 3. The molecular formula is C13H13BBrNO6. The summed E-state index contributed by atoms with van der Waals surface area (Å²) in [5.74, 6) is -0.769. The van der Waals surface area contributed by atoms with Crippen LogP contribution in [0.15, 0.2) is 16.6 Å². The monoisotopic (exact) mass is 369 g/mol. The molecule has 1 heterocycles. The third kappa shape index (κ3) is 3.66. The zero-order chi connectivity index (χ0) is 16.3. The first-order valence-corrected chi connectivity index (χ1v) is 7.14. The molecule has 0 radical (unpaired) electrons. The number of benzene rings is 1. The highest BCUT2D eigenvalue weighted by molar-refractivity contribution is 9.10. The Labute approximate surface area is 135 Å². The number of aldehydes is 1. The van der Waals surface area contributed by atoms with E-state index in [1.165, 1.54) is 18.1 Å². The first-order chi connectivity index (χ1) is 10.4. The van der Waals surface area contributed by atoms with Crippen LogP contribution in [0.2, 0.25) is 0 Å². The van der Waals surface area contributed by atoms with Crippen molar-refractivity contribution >= 4 is 46.7 Å². The van der Waals surface area contributed by atoms with Gasteiger partial charge in [0.25, 0.3) is 0 Å². The minimum Gasteiger partial charge on any atom is -0.496 e. The normalized spacial score (nSPS) is 16.4. The predicted octanol–water partition coefficient (Wildman–Crippen LogP) is -0.00280. The summed E-state index contributed by atoms with van der Waals surface area (Å²) in [5.41, 5.74) is 0.610. The third-order valence-corrected chi connectivity index (χ3v) is 3.55. The largest absolute Gasteiger partial charge is 0.640 e. The molecule has 0 aromatic heterocycles. The van der Waals surface area contributed by atoms with E-state index < -0.39 is 19.1 Å². The minimum absolute atomic E-state index is 0.0392. The van der Waals surface area contributed by atoms with Crippen molar-refractivity contribution in [3.8, 4) is 5.75 Å². The number of methoxy groups -OCH3 is 1. The molecule has 7 nitrogen and oxygen atoms in total. The molecule has 0 spiro atoms. The summed E-state index contributed by atoms with van der Waals surface area (Å²) in [6, 6.07) is 3.00. The molecule has 0 atom stereocenters. The molecule has 1 aliphatic rings. The summed E-state index contributed by atoms with van der Waals surface area (Å²) in [6.07, 6.45) is 0.633. The molecule has 0 saturated carbocycles. The van der Waals surface area contributed by atoms with Gasteiger partial charge < -0.3 is 14.0 Å². The standard InChI is InChI=1S/C13H13BBrNO6/c1-16-5-11(18)21-14(22-12(19)6-16)9-3-8(7-17)4-10(15)13(9)20-2/h3-4,7H,5-6H2,1-2H3. The molecule has 2 rings (SSSR count). The summed E-state index contributed by atoms with van der Waals surface area (Å²) < 4.78 is 16.1. The number of nitrogens with zero attached hydrogens (tertiary/aromatic N) is 1. The average Bonchev–Trinajstić information content (AvgIpc) is 2.43. The van der Waals surface area contributed by atoms with Gasteiger partial charge in [-0.15, -0.1) is 0 Å². The molecule has 1 aromatic carbocycles. The highest BCUT2D eigenvalue weighted by atomic mass is 79.9. The van der Waals surface area contributed by atoms with Crippen molar-refractivity contribution in [3.05, 3.63) is 22.2 Å². The fourth-order valence-electron chi connectivity index (χ4n) is 2.06. The Morgan fingerprint density at radius 3 is 2.36 bits per heavy atom. The summed E-state index contributed by atoms with van der Waals surface area (Å²) in [4.78, 5) is 36.1. The first-order valence-electron chi connectivity index (χ1n) is 6.34. The molecule has 22 heavy (non-hydrogen) atoms. The second-order valence-electron chi connectivity index (χ2n) is 4.73. The number of carbonyl (C=O) groups excluding carboxylic acids is 3. The zero-order valence-electron chi connectivity index (χ0n) is 12.0. The first kappa shape index (κ1) is 16.5. The van der Waals surface area contributed by atoms with E-state index in [1.807, 2.05) is 0 Å². The molecule has 0 amide bonds. The molecular weight excluding hydrogens is 357 g/mol. The van der Waals surface area contributed by atoms with Crippen molar-refractivity contribution in [1.82, 2.24) is 4.90 Å². The number of hydrogen-bond donors (Lipinski definition) is 0. The van der Waals surface area contributed by atoms with Crippen molar-refractivity contribution in [2.45, 2.75) is 0 Å². The Balaban J connectivity index is 2.43. The van der Waals surface area contributed by atoms with E-state index in [1.54, 1.807) is 13.1 Å². The van der Waals surface area contributed by atoms with Gasteiger partial charge in [-0.2, -0.15) is 0 Å². The van der Waals surface area contributed by atoms with Crippen molar-refractivity contribution in [3.63, 3.8) is 0 Å². The van der Waals surface area contributed by atoms with Gasteiger partial charge in [0.05, 0.1) is 30.1 Å². The lowest BCUT2D eigenvalue weighted by Gasteiger charge is -2.23. The molecule has 0 bridgehead atoms. The topological polar surface area (TPSA) is 82.1 Å². The van der Waals surface area contributed by atoms with E-state index in [9.17, 15) is 14.4 Å². The van der Waals surface area contributed by atoms with Crippen LogP contribution < -0.4 is 10.2 Å². The predicted molar refractivity (Wildman–Crippen MR) is 81.2 cm³/mol. The highest BCUT2D eigenvalue weighted by Crippen LogP contribution is 2.24. The van der Waals surface area contributed by atoms with Crippen LogP contribution in [0.5, 0.6) is 5.75 Å². The van der Waals surface area contributed by atoms with E-state index >= 15 is 0 Å². The van der Waals surface area contributed by atoms with Gasteiger partial charge in [-0.25, -0.2) is 0 Å². The van der Waals surface area contributed by atoms with Crippen LogP contribution >= 0.6 is 15.9 Å². The van der Waals surface area contributed by atoms with Crippen LogP contribution in [0.1, 0.15) is 10.4 Å². The van der Waals surface area contributed by atoms with Crippen molar-refractivity contribution in [1.29, 1.82) is 0 Å². The summed E-state index contributed by atoms with van der Waals surface area (Å²) in [7, 11) is 1.76. The van der Waals surface area contributed by atoms with E-state index in [0.717, 1.165) is 0 Å². The lowest BCUT2D eigenvalue weighted by Crippen LogP contribution is -2.48. The van der Waals surface area contributed by atoms with Crippen LogP contribution in [0.25, 0.3) is 0 Å². The molecule has 0 aliphatic carbocycles. The van der Waals surface area contributed by atoms with Gasteiger partial charge in [0.1, 0.15) is 12.0 Å². The number of likely N-dealkylation sites (N-methyl/N-ethyl adjacent to an activating group) is 1. The lowest BCUT2D eigenvalue weighted by molar-refractivity contribution is -0.145. The third-order valence-electron chi connectivity index (χ3n) is 2.96. The van der Waals surface area contributed by atoms with Gasteiger partial charge in [0, 0.05) is 5.56 Å².